The fourth-order valence-electron chi connectivity index (χ4n) is 7.03. The van der Waals surface area contributed by atoms with E-state index in [1.165, 1.54) is 28.1 Å². The molecule has 0 saturated carbocycles. The van der Waals surface area contributed by atoms with E-state index >= 15 is 0 Å². The van der Waals surface area contributed by atoms with Crippen LogP contribution in [-0.2, 0) is 17.8 Å². The summed E-state index contributed by atoms with van der Waals surface area (Å²) in [6.07, 6.45) is 4.28. The monoisotopic (exact) mass is 611 g/mol. The van der Waals surface area contributed by atoms with Gasteiger partial charge in [0.25, 0.3) is 0 Å². The Morgan fingerprint density at radius 1 is 1.13 bits per heavy atom. The second kappa shape index (κ2) is 13.4. The average molecular weight is 612 g/mol. The van der Waals surface area contributed by atoms with Gasteiger partial charge in [0.15, 0.2) is 0 Å². The summed E-state index contributed by atoms with van der Waals surface area (Å²) in [5, 5.41) is 31.9. The number of aryl methyl sites for hydroxylation is 1. The van der Waals surface area contributed by atoms with Crippen molar-refractivity contribution in [1.29, 1.82) is 5.26 Å². The molecule has 3 aromatic rings. The molecule has 11 heteroatoms. The highest BCUT2D eigenvalue weighted by Crippen LogP contribution is 2.36. The van der Waals surface area contributed by atoms with E-state index in [0.29, 0.717) is 44.8 Å². The second-order valence-electron chi connectivity index (χ2n) is 12.3. The van der Waals surface area contributed by atoms with Crippen molar-refractivity contribution in [2.24, 2.45) is 0 Å². The number of hydrogen-bond donors (Lipinski definition) is 2. The molecule has 2 aromatic carbocycles. The molecule has 0 bridgehead atoms. The number of ether oxygens (including phenoxy) is 1. The highest BCUT2D eigenvalue weighted by atomic mass is 16.5. The number of aliphatic hydroxyl groups is 1. The predicted octanol–water partition coefficient (Wildman–Crippen LogP) is 3.34. The molecule has 6 rings (SSSR count). The van der Waals surface area contributed by atoms with Gasteiger partial charge < -0.3 is 29.6 Å². The lowest BCUT2D eigenvalue weighted by Gasteiger charge is -2.43. The van der Waals surface area contributed by atoms with Crippen molar-refractivity contribution in [1.82, 2.24) is 19.8 Å². The number of aliphatic hydroxyl groups excluding tert-OH is 1. The number of aromatic nitrogens is 2. The molecule has 2 fully saturated rings. The van der Waals surface area contributed by atoms with Crippen LogP contribution in [0.4, 0.5) is 11.5 Å². The van der Waals surface area contributed by atoms with Gasteiger partial charge in [-0.2, -0.15) is 15.2 Å². The van der Waals surface area contributed by atoms with Gasteiger partial charge in [0.1, 0.15) is 18.7 Å². The SMILES string of the molecule is Cc1cccc2cccc(N3CCc4c(nc(OC[C@@H]5CCCN5C)nc4N4CCN(C(O)/C=C/C(=O)O)[C@@H](CC#N)C4)C3)c12. The summed E-state index contributed by atoms with van der Waals surface area (Å²) in [6.45, 7) is 6.63. The second-order valence-corrected chi connectivity index (χ2v) is 12.3. The zero-order valence-corrected chi connectivity index (χ0v) is 26.0. The summed E-state index contributed by atoms with van der Waals surface area (Å²) in [4.78, 5) is 29.7. The van der Waals surface area contributed by atoms with Crippen molar-refractivity contribution in [3.05, 3.63) is 65.4 Å². The third kappa shape index (κ3) is 6.59. The fraction of sp³-hybridized carbons (Fsp3) is 0.471. The summed E-state index contributed by atoms with van der Waals surface area (Å²) < 4.78 is 6.30. The van der Waals surface area contributed by atoms with E-state index in [9.17, 15) is 15.2 Å². The molecule has 45 heavy (non-hydrogen) atoms. The van der Waals surface area contributed by atoms with Crippen LogP contribution < -0.4 is 14.5 Å². The molecule has 3 aliphatic heterocycles. The van der Waals surface area contributed by atoms with Crippen LogP contribution in [0.3, 0.4) is 0 Å². The predicted molar refractivity (Wildman–Crippen MR) is 172 cm³/mol. The first-order valence-electron chi connectivity index (χ1n) is 15.8. The van der Waals surface area contributed by atoms with Crippen LogP contribution in [0.25, 0.3) is 10.8 Å². The zero-order valence-electron chi connectivity index (χ0n) is 26.0. The number of carboxylic acid groups (broad SMARTS) is 1. The van der Waals surface area contributed by atoms with Crippen LogP contribution in [-0.4, -0.2) is 101 Å². The standard InChI is InChI=1S/C34H41N7O4/c1-23-6-3-7-24-8-4-10-29(32(23)24)39-17-14-27-28(21-39)36-34(45-22-26-9-5-16-38(26)2)37-33(27)40-18-19-41(25(20-40)13-15-35)30(42)11-12-31(43)44/h3-4,6-8,10-12,25-26,30,42H,5,9,13-14,16-22H2,1-2H3,(H,43,44)/b12-11+/t25-,26-,30?/m0/s1. The molecule has 1 aromatic heterocycles. The molecule has 0 amide bonds. The number of hydrogen-bond acceptors (Lipinski definition) is 10. The van der Waals surface area contributed by atoms with Crippen molar-refractivity contribution in [2.75, 3.05) is 56.2 Å². The molecule has 236 valence electrons. The number of carbonyl (C=O) groups is 1. The fourth-order valence-corrected chi connectivity index (χ4v) is 7.03. The summed E-state index contributed by atoms with van der Waals surface area (Å²) in [6, 6.07) is 15.5. The van der Waals surface area contributed by atoms with Crippen LogP contribution in [0.1, 0.15) is 36.1 Å². The number of benzene rings is 2. The zero-order chi connectivity index (χ0) is 31.5. The Labute approximate surface area is 263 Å². The third-order valence-corrected chi connectivity index (χ3v) is 9.44. The van der Waals surface area contributed by atoms with Crippen molar-refractivity contribution in [3.63, 3.8) is 0 Å². The average Bonchev–Trinajstić information content (AvgIpc) is 3.46. The number of anilines is 2. The highest BCUT2D eigenvalue weighted by molar-refractivity contribution is 5.97. The Hall–Kier alpha value is -4.24. The van der Waals surface area contributed by atoms with Gasteiger partial charge in [0.05, 0.1) is 24.7 Å². The largest absolute Gasteiger partial charge is 0.478 e. The number of aliphatic carboxylic acids is 1. The molecule has 4 heterocycles. The first-order chi connectivity index (χ1) is 21.8. The van der Waals surface area contributed by atoms with Gasteiger partial charge in [-0.1, -0.05) is 30.3 Å². The summed E-state index contributed by atoms with van der Waals surface area (Å²) in [5.74, 6) is -0.303. The number of piperazine rings is 1. The first-order valence-corrected chi connectivity index (χ1v) is 15.8. The number of carboxylic acids is 1. The minimum Gasteiger partial charge on any atom is -0.478 e. The number of nitrogens with zero attached hydrogens (tertiary/aromatic N) is 7. The maximum Gasteiger partial charge on any atom is 0.328 e. The molecule has 0 spiro atoms. The van der Waals surface area contributed by atoms with Gasteiger partial charge in [0, 0.05) is 61.0 Å². The number of nitriles is 1. The van der Waals surface area contributed by atoms with E-state index in [2.05, 4.69) is 71.1 Å². The Kier molecular flexibility index (Phi) is 9.16. The summed E-state index contributed by atoms with van der Waals surface area (Å²) in [7, 11) is 2.12. The topological polar surface area (TPSA) is 129 Å². The van der Waals surface area contributed by atoms with Crippen LogP contribution in [0, 0.1) is 18.3 Å². The lowest BCUT2D eigenvalue weighted by Crippen LogP contribution is -2.56. The van der Waals surface area contributed by atoms with Gasteiger partial charge in [0.2, 0.25) is 0 Å². The van der Waals surface area contributed by atoms with Gasteiger partial charge in [-0.15, -0.1) is 0 Å². The maximum atomic E-state index is 11.0. The molecular formula is C34H41N7O4. The quantitative estimate of drug-likeness (QED) is 0.346. The normalized spacial score (nSPS) is 21.6. The Bertz CT molecular complexity index is 1620. The lowest BCUT2D eigenvalue weighted by molar-refractivity contribution is -0.131. The lowest BCUT2D eigenvalue weighted by atomic mass is 9.99. The highest BCUT2D eigenvalue weighted by Gasteiger charge is 2.34. The molecular weight excluding hydrogens is 570 g/mol. The Balaban J connectivity index is 1.32. The van der Waals surface area contributed by atoms with Crippen LogP contribution in [0.15, 0.2) is 48.6 Å². The smallest absolute Gasteiger partial charge is 0.328 e. The van der Waals surface area contributed by atoms with Crippen molar-refractivity contribution in [3.8, 4) is 12.1 Å². The van der Waals surface area contributed by atoms with Crippen LogP contribution in [0.2, 0.25) is 0 Å². The molecule has 3 aliphatic rings. The summed E-state index contributed by atoms with van der Waals surface area (Å²) >= 11 is 0. The molecule has 11 nitrogen and oxygen atoms in total. The molecule has 0 aliphatic carbocycles. The molecule has 2 N–H and O–H groups in total. The number of likely N-dealkylation sites (N-methyl/N-ethyl adjacent to an activating group) is 1. The van der Waals surface area contributed by atoms with Crippen LogP contribution >= 0.6 is 0 Å². The van der Waals surface area contributed by atoms with Crippen LogP contribution in [0.5, 0.6) is 6.01 Å². The van der Waals surface area contributed by atoms with Crippen molar-refractivity contribution < 1.29 is 19.7 Å². The summed E-state index contributed by atoms with van der Waals surface area (Å²) in [5.41, 5.74) is 4.46. The number of likely N-dealkylation sites (tertiary alicyclic amines) is 1. The van der Waals surface area contributed by atoms with Crippen molar-refractivity contribution >= 4 is 28.2 Å². The molecule has 1 unspecified atom stereocenters. The van der Waals surface area contributed by atoms with Gasteiger partial charge in [-0.05, 0) is 62.9 Å². The van der Waals surface area contributed by atoms with E-state index < -0.39 is 12.2 Å². The van der Waals surface area contributed by atoms with E-state index in [0.717, 1.165) is 55.5 Å². The van der Waals surface area contributed by atoms with Gasteiger partial charge in [-0.25, -0.2) is 4.79 Å². The minimum absolute atomic E-state index is 0.188. The number of fused-ring (bicyclic) bond motifs is 2. The van der Waals surface area contributed by atoms with Gasteiger partial charge in [-0.3, -0.25) is 4.90 Å². The van der Waals surface area contributed by atoms with E-state index in [4.69, 9.17) is 19.8 Å². The first kappa shape index (κ1) is 30.8. The maximum absolute atomic E-state index is 11.0. The van der Waals surface area contributed by atoms with E-state index in [1.54, 1.807) is 4.90 Å². The Morgan fingerprint density at radius 2 is 1.96 bits per heavy atom. The van der Waals surface area contributed by atoms with E-state index in [1.807, 2.05) is 0 Å². The molecule has 0 radical (unpaired) electrons. The van der Waals surface area contributed by atoms with Crippen molar-refractivity contribution in [2.45, 2.75) is 57.5 Å². The third-order valence-electron chi connectivity index (χ3n) is 9.44. The molecule has 3 atom stereocenters. The molecule has 2 saturated heterocycles. The minimum atomic E-state index is -1.12. The Morgan fingerprint density at radius 3 is 2.71 bits per heavy atom. The van der Waals surface area contributed by atoms with Gasteiger partial charge >= 0.3 is 12.0 Å². The number of rotatable bonds is 9. The van der Waals surface area contributed by atoms with E-state index in [-0.39, 0.29) is 12.5 Å².